The van der Waals surface area contributed by atoms with Crippen molar-refractivity contribution in [3.63, 3.8) is 0 Å². The molecule has 1 rings (SSSR count). The van der Waals surface area contributed by atoms with Crippen molar-refractivity contribution in [2.24, 2.45) is 17.8 Å². The van der Waals surface area contributed by atoms with Crippen LogP contribution in [0.3, 0.4) is 0 Å². The molecule has 1 aliphatic rings. The summed E-state index contributed by atoms with van der Waals surface area (Å²) in [6, 6.07) is 0. The summed E-state index contributed by atoms with van der Waals surface area (Å²) in [5.41, 5.74) is 0. The van der Waals surface area contributed by atoms with Crippen molar-refractivity contribution >= 4 is 0 Å². The first-order valence-corrected chi connectivity index (χ1v) is 4.22. The summed E-state index contributed by atoms with van der Waals surface area (Å²) in [6.45, 7) is 7.11. The minimum Gasteiger partial charge on any atom is -0.0625 e. The highest BCUT2D eigenvalue weighted by Crippen LogP contribution is 2.35. The molecule has 0 N–H and O–H groups in total. The van der Waals surface area contributed by atoms with Gasteiger partial charge in [-0.15, -0.1) is 0 Å². The van der Waals surface area contributed by atoms with E-state index in [2.05, 4.69) is 20.8 Å². The van der Waals surface area contributed by atoms with E-state index in [1.54, 1.807) is 0 Å². The van der Waals surface area contributed by atoms with Gasteiger partial charge in [-0.2, -0.15) is 0 Å². The van der Waals surface area contributed by atoms with Gasteiger partial charge in [0.15, 0.2) is 0 Å². The minimum absolute atomic E-state index is 0.919. The van der Waals surface area contributed by atoms with Crippen molar-refractivity contribution < 1.29 is 0 Å². The molecule has 9 heavy (non-hydrogen) atoms. The smallest absolute Gasteiger partial charge is 0.0365 e. The lowest BCUT2D eigenvalue weighted by Crippen LogP contribution is -2.10. The van der Waals surface area contributed by atoms with Crippen LogP contribution in [-0.4, -0.2) is 0 Å². The maximum Gasteiger partial charge on any atom is -0.0365 e. The zero-order valence-electron chi connectivity index (χ0n) is 6.85. The van der Waals surface area contributed by atoms with Crippen molar-refractivity contribution in [2.75, 3.05) is 0 Å². The number of hydrogen-bond donors (Lipinski definition) is 0. The molecule has 0 unspecified atom stereocenters. The SMILES string of the molecule is CC(C)[C@@H]1CCC[C@@H]1C. The largest absolute Gasteiger partial charge is 0.0625 e. The Labute approximate surface area is 58.7 Å². The van der Waals surface area contributed by atoms with E-state index >= 15 is 0 Å². The number of rotatable bonds is 1. The Kier molecular flexibility index (Phi) is 2.15. The molecule has 0 nitrogen and oxygen atoms in total. The van der Waals surface area contributed by atoms with Crippen LogP contribution < -0.4 is 0 Å². The molecule has 1 saturated carbocycles. The molecule has 0 heteroatoms. The third-order valence-corrected chi connectivity index (χ3v) is 2.78. The molecule has 0 amide bonds. The lowest BCUT2D eigenvalue weighted by molar-refractivity contribution is 0.314. The zero-order valence-corrected chi connectivity index (χ0v) is 6.85. The van der Waals surface area contributed by atoms with Crippen LogP contribution in [0.5, 0.6) is 0 Å². The van der Waals surface area contributed by atoms with E-state index in [0.717, 1.165) is 17.8 Å². The van der Waals surface area contributed by atoms with Gasteiger partial charge in [-0.1, -0.05) is 33.6 Å². The van der Waals surface area contributed by atoms with Gasteiger partial charge in [-0.3, -0.25) is 0 Å². The van der Waals surface area contributed by atoms with Gasteiger partial charge < -0.3 is 0 Å². The lowest BCUT2D eigenvalue weighted by atomic mass is 9.87. The average molecular weight is 126 g/mol. The Morgan fingerprint density at radius 1 is 1.22 bits per heavy atom. The van der Waals surface area contributed by atoms with E-state index in [4.69, 9.17) is 0 Å². The molecule has 1 aliphatic carbocycles. The van der Waals surface area contributed by atoms with Gasteiger partial charge in [0.1, 0.15) is 0 Å². The minimum atomic E-state index is 0.919. The van der Waals surface area contributed by atoms with E-state index in [1.807, 2.05) is 0 Å². The van der Waals surface area contributed by atoms with E-state index in [1.165, 1.54) is 19.3 Å². The van der Waals surface area contributed by atoms with Crippen molar-refractivity contribution in [1.82, 2.24) is 0 Å². The monoisotopic (exact) mass is 126 g/mol. The van der Waals surface area contributed by atoms with Gasteiger partial charge in [-0.25, -0.2) is 0 Å². The van der Waals surface area contributed by atoms with Gasteiger partial charge in [0.2, 0.25) is 0 Å². The molecule has 0 spiro atoms. The molecule has 0 aromatic rings. The Balaban J connectivity index is 2.40. The van der Waals surface area contributed by atoms with E-state index in [9.17, 15) is 0 Å². The normalized spacial score (nSPS) is 36.0. The summed E-state index contributed by atoms with van der Waals surface area (Å²) in [7, 11) is 0. The van der Waals surface area contributed by atoms with Gasteiger partial charge in [0, 0.05) is 0 Å². The van der Waals surface area contributed by atoms with E-state index in [0.29, 0.717) is 0 Å². The fraction of sp³-hybridized carbons (Fsp3) is 1.00. The highest BCUT2D eigenvalue weighted by atomic mass is 14.3. The quantitative estimate of drug-likeness (QED) is 0.506. The third-order valence-electron chi connectivity index (χ3n) is 2.78. The molecule has 0 aromatic heterocycles. The van der Waals surface area contributed by atoms with Gasteiger partial charge >= 0.3 is 0 Å². The zero-order chi connectivity index (χ0) is 6.85. The first kappa shape index (κ1) is 7.11. The van der Waals surface area contributed by atoms with Crippen molar-refractivity contribution in [2.45, 2.75) is 40.0 Å². The molecule has 0 aliphatic heterocycles. The van der Waals surface area contributed by atoms with Crippen LogP contribution in [-0.2, 0) is 0 Å². The van der Waals surface area contributed by atoms with Gasteiger partial charge in [0.25, 0.3) is 0 Å². The molecule has 2 atom stereocenters. The second-order valence-corrected chi connectivity index (χ2v) is 3.82. The Morgan fingerprint density at radius 3 is 2.11 bits per heavy atom. The highest BCUT2D eigenvalue weighted by Gasteiger charge is 2.25. The maximum atomic E-state index is 2.40. The molecule has 54 valence electrons. The molecule has 0 radical (unpaired) electrons. The van der Waals surface area contributed by atoms with Crippen LogP contribution >= 0.6 is 0 Å². The summed E-state index contributed by atoms with van der Waals surface area (Å²) in [5, 5.41) is 0. The second-order valence-electron chi connectivity index (χ2n) is 3.82. The Bertz CT molecular complexity index is 84.0. The van der Waals surface area contributed by atoms with Crippen molar-refractivity contribution in [1.29, 1.82) is 0 Å². The first-order valence-electron chi connectivity index (χ1n) is 4.22. The summed E-state index contributed by atoms with van der Waals surface area (Å²) >= 11 is 0. The third kappa shape index (κ3) is 1.47. The number of hydrogen-bond acceptors (Lipinski definition) is 0. The lowest BCUT2D eigenvalue weighted by Gasteiger charge is -2.18. The Morgan fingerprint density at radius 2 is 1.89 bits per heavy atom. The van der Waals surface area contributed by atoms with Gasteiger partial charge in [-0.05, 0) is 24.2 Å². The van der Waals surface area contributed by atoms with Crippen LogP contribution in [0.2, 0.25) is 0 Å². The molecule has 1 fully saturated rings. The summed E-state index contributed by atoms with van der Waals surface area (Å²) in [6.07, 6.45) is 4.44. The van der Waals surface area contributed by atoms with Gasteiger partial charge in [0.05, 0.1) is 0 Å². The predicted molar refractivity (Wildman–Crippen MR) is 41.3 cm³/mol. The van der Waals surface area contributed by atoms with Crippen molar-refractivity contribution in [3.05, 3.63) is 0 Å². The fourth-order valence-electron chi connectivity index (χ4n) is 2.16. The molecular weight excluding hydrogens is 108 g/mol. The molecule has 0 bridgehead atoms. The first-order chi connectivity index (χ1) is 4.22. The molecule has 0 aromatic carbocycles. The molecule has 0 saturated heterocycles. The Hall–Kier alpha value is 0. The topological polar surface area (TPSA) is 0 Å². The molecular formula is C9H18. The fourth-order valence-corrected chi connectivity index (χ4v) is 2.16. The van der Waals surface area contributed by atoms with Crippen LogP contribution in [0.4, 0.5) is 0 Å². The van der Waals surface area contributed by atoms with Crippen LogP contribution in [0, 0.1) is 17.8 Å². The average Bonchev–Trinajstić information content (AvgIpc) is 2.13. The van der Waals surface area contributed by atoms with E-state index in [-0.39, 0.29) is 0 Å². The standard InChI is InChI=1S/C9H18/c1-7(2)9-6-4-5-8(9)3/h7-9H,4-6H2,1-3H3/t8-,9-/m0/s1. The summed E-state index contributed by atoms with van der Waals surface area (Å²) in [5.74, 6) is 2.96. The van der Waals surface area contributed by atoms with Crippen LogP contribution in [0.15, 0.2) is 0 Å². The second kappa shape index (κ2) is 2.72. The van der Waals surface area contributed by atoms with Crippen LogP contribution in [0.1, 0.15) is 40.0 Å². The van der Waals surface area contributed by atoms with Crippen molar-refractivity contribution in [3.8, 4) is 0 Å². The highest BCUT2D eigenvalue weighted by molar-refractivity contribution is 4.75. The van der Waals surface area contributed by atoms with E-state index < -0.39 is 0 Å². The summed E-state index contributed by atoms with van der Waals surface area (Å²) < 4.78 is 0. The predicted octanol–water partition coefficient (Wildman–Crippen LogP) is 3.08. The summed E-state index contributed by atoms with van der Waals surface area (Å²) in [4.78, 5) is 0. The van der Waals surface area contributed by atoms with Crippen LogP contribution in [0.25, 0.3) is 0 Å². The molecule has 0 heterocycles. The maximum absolute atomic E-state index is 2.40.